The molecule has 7 nitrogen and oxygen atoms in total. The summed E-state index contributed by atoms with van der Waals surface area (Å²) in [6, 6.07) is -0.893. The molecule has 0 spiro atoms. The third-order valence-corrected chi connectivity index (χ3v) is 1.47. The third-order valence-electron chi connectivity index (χ3n) is 1.47. The number of rotatable bonds is 5. The van der Waals surface area contributed by atoms with Gasteiger partial charge < -0.3 is 10.7 Å². The summed E-state index contributed by atoms with van der Waals surface area (Å²) in [5.41, 5.74) is 6.13. The molecular formula is C7H9N3O4. The van der Waals surface area contributed by atoms with Crippen LogP contribution in [-0.2, 0) is 25.8 Å². The predicted molar refractivity (Wildman–Crippen MR) is 43.5 cm³/mol. The van der Waals surface area contributed by atoms with Crippen molar-refractivity contribution in [3.05, 3.63) is 18.2 Å². The Hall–Kier alpha value is -1.89. The quantitative estimate of drug-likeness (QED) is 0.354. The second-order valence-electron chi connectivity index (χ2n) is 2.48. The zero-order chi connectivity index (χ0) is 10.4. The van der Waals surface area contributed by atoms with Crippen LogP contribution in [-0.4, -0.2) is 28.5 Å². The lowest BCUT2D eigenvalue weighted by Gasteiger charge is -2.06. The first-order valence-corrected chi connectivity index (χ1v) is 3.77. The van der Waals surface area contributed by atoms with Gasteiger partial charge in [0.25, 0.3) is 0 Å². The van der Waals surface area contributed by atoms with Gasteiger partial charge in [0.2, 0.25) is 0 Å². The lowest BCUT2D eigenvalue weighted by Crippen LogP contribution is -2.34. The van der Waals surface area contributed by atoms with Crippen LogP contribution in [0.3, 0.4) is 0 Å². The van der Waals surface area contributed by atoms with Gasteiger partial charge in [-0.05, 0) is 0 Å². The molecule has 1 aromatic rings. The number of carbonyl (C=O) groups is 2. The van der Waals surface area contributed by atoms with E-state index in [-0.39, 0.29) is 12.9 Å². The lowest BCUT2D eigenvalue weighted by molar-refractivity contribution is -0.249. The highest BCUT2D eigenvalue weighted by atomic mass is 17.2. The molecular weight excluding hydrogens is 190 g/mol. The number of nitrogens with zero attached hydrogens (tertiary/aromatic N) is 1. The van der Waals surface area contributed by atoms with E-state index in [1.54, 1.807) is 0 Å². The summed E-state index contributed by atoms with van der Waals surface area (Å²) in [7, 11) is 0. The molecule has 0 aliphatic carbocycles. The van der Waals surface area contributed by atoms with E-state index in [1.165, 1.54) is 12.5 Å². The van der Waals surface area contributed by atoms with Crippen LogP contribution in [0.4, 0.5) is 0 Å². The van der Waals surface area contributed by atoms with E-state index in [4.69, 9.17) is 5.73 Å². The molecule has 1 aromatic heterocycles. The van der Waals surface area contributed by atoms with Crippen molar-refractivity contribution in [3.8, 4) is 0 Å². The highest BCUT2D eigenvalue weighted by molar-refractivity contribution is 5.75. The number of nitrogens with two attached hydrogens (primary N) is 1. The molecule has 1 heterocycles. The van der Waals surface area contributed by atoms with Gasteiger partial charge in [-0.3, -0.25) is 9.68 Å². The first-order valence-electron chi connectivity index (χ1n) is 3.77. The van der Waals surface area contributed by atoms with Crippen molar-refractivity contribution in [2.45, 2.75) is 12.5 Å². The summed E-state index contributed by atoms with van der Waals surface area (Å²) in [4.78, 5) is 35.0. The second-order valence-corrected chi connectivity index (χ2v) is 2.48. The number of aromatic amines is 1. The number of carbonyl (C=O) groups excluding carboxylic acids is 2. The maximum absolute atomic E-state index is 11.0. The molecule has 1 unspecified atom stereocenters. The zero-order valence-corrected chi connectivity index (χ0v) is 7.17. The number of H-pyrrole nitrogens is 1. The number of imidazole rings is 1. The van der Waals surface area contributed by atoms with Crippen LogP contribution >= 0.6 is 0 Å². The lowest BCUT2D eigenvalue weighted by atomic mass is 10.2. The van der Waals surface area contributed by atoms with Gasteiger partial charge in [-0.2, -0.15) is 0 Å². The summed E-state index contributed by atoms with van der Waals surface area (Å²) in [5, 5.41) is 0. The number of nitrogens with one attached hydrogen (secondary N) is 1. The van der Waals surface area contributed by atoms with E-state index >= 15 is 0 Å². The Labute approximate surface area is 79.1 Å². The van der Waals surface area contributed by atoms with Gasteiger partial charge in [-0.25, -0.2) is 14.7 Å². The minimum atomic E-state index is -0.893. The maximum Gasteiger partial charge on any atom is 0.372 e. The van der Waals surface area contributed by atoms with Gasteiger partial charge in [-0.1, -0.05) is 0 Å². The standard InChI is InChI=1S/C7H9N3O4/c8-6(7(12)14-13-4-11)1-5-2-9-3-10-5/h2-4,6H,1,8H2,(H,9,10). The number of aromatic nitrogens is 2. The van der Waals surface area contributed by atoms with Gasteiger partial charge in [-0.15, -0.1) is 0 Å². The van der Waals surface area contributed by atoms with Gasteiger partial charge >= 0.3 is 12.4 Å². The van der Waals surface area contributed by atoms with Crippen molar-refractivity contribution in [1.29, 1.82) is 0 Å². The Balaban J connectivity index is 2.37. The maximum atomic E-state index is 11.0. The Kier molecular flexibility index (Phi) is 3.62. The third kappa shape index (κ3) is 2.87. The van der Waals surface area contributed by atoms with Crippen LogP contribution in [0.25, 0.3) is 0 Å². The minimum absolute atomic E-state index is 0.000811. The van der Waals surface area contributed by atoms with Crippen molar-refractivity contribution in [1.82, 2.24) is 9.97 Å². The van der Waals surface area contributed by atoms with Gasteiger partial charge in [0.15, 0.2) is 0 Å². The normalized spacial score (nSPS) is 11.8. The Morgan fingerprint density at radius 1 is 1.79 bits per heavy atom. The van der Waals surface area contributed by atoms with Crippen molar-refractivity contribution < 1.29 is 19.4 Å². The summed E-state index contributed by atoms with van der Waals surface area (Å²) in [6.07, 6.45) is 3.24. The largest absolute Gasteiger partial charge is 0.372 e. The van der Waals surface area contributed by atoms with Crippen molar-refractivity contribution in [2.75, 3.05) is 0 Å². The first kappa shape index (κ1) is 10.2. The number of hydrogen-bond donors (Lipinski definition) is 2. The summed E-state index contributed by atoms with van der Waals surface area (Å²) in [6.45, 7) is 0.000811. The minimum Gasteiger partial charge on any atom is -0.348 e. The number of hydrogen-bond acceptors (Lipinski definition) is 6. The molecule has 14 heavy (non-hydrogen) atoms. The van der Waals surface area contributed by atoms with Crippen LogP contribution in [0, 0.1) is 0 Å². The Morgan fingerprint density at radius 3 is 3.14 bits per heavy atom. The molecule has 1 rings (SSSR count). The fourth-order valence-electron chi connectivity index (χ4n) is 0.845. The predicted octanol–water partition coefficient (Wildman–Crippen LogP) is -1.09. The van der Waals surface area contributed by atoms with Gasteiger partial charge in [0.1, 0.15) is 6.04 Å². The van der Waals surface area contributed by atoms with Crippen LogP contribution in [0.2, 0.25) is 0 Å². The fraction of sp³-hybridized carbons (Fsp3) is 0.286. The molecule has 3 N–H and O–H groups in total. The molecule has 1 atom stereocenters. The average molecular weight is 199 g/mol. The van der Waals surface area contributed by atoms with E-state index in [2.05, 4.69) is 19.7 Å². The molecule has 7 heteroatoms. The summed E-state index contributed by atoms with van der Waals surface area (Å²) in [5.74, 6) is -0.813. The molecule has 0 bridgehead atoms. The summed E-state index contributed by atoms with van der Waals surface area (Å²) < 4.78 is 0. The fourth-order valence-corrected chi connectivity index (χ4v) is 0.845. The average Bonchev–Trinajstić information content (AvgIpc) is 2.66. The molecule has 0 aliphatic heterocycles. The van der Waals surface area contributed by atoms with Crippen LogP contribution < -0.4 is 5.73 Å². The van der Waals surface area contributed by atoms with E-state index in [0.29, 0.717) is 5.69 Å². The molecule has 0 saturated heterocycles. The van der Waals surface area contributed by atoms with E-state index in [0.717, 1.165) is 0 Å². The Bertz CT molecular complexity index is 298. The SMILES string of the molecule is NC(Cc1cnc[nH]1)C(=O)OOC=O. The van der Waals surface area contributed by atoms with Crippen LogP contribution in [0.15, 0.2) is 12.5 Å². The van der Waals surface area contributed by atoms with E-state index < -0.39 is 12.0 Å². The molecule has 0 aliphatic rings. The zero-order valence-electron chi connectivity index (χ0n) is 7.17. The topological polar surface area (TPSA) is 107 Å². The molecule has 0 radical (unpaired) electrons. The van der Waals surface area contributed by atoms with E-state index in [1.807, 2.05) is 0 Å². The van der Waals surface area contributed by atoms with Gasteiger partial charge in [0.05, 0.1) is 6.33 Å². The Morgan fingerprint density at radius 2 is 2.57 bits per heavy atom. The molecule has 0 fully saturated rings. The smallest absolute Gasteiger partial charge is 0.348 e. The van der Waals surface area contributed by atoms with Crippen molar-refractivity contribution in [2.24, 2.45) is 5.73 Å². The van der Waals surface area contributed by atoms with Gasteiger partial charge in [0, 0.05) is 18.3 Å². The second kappa shape index (κ2) is 4.97. The highest BCUT2D eigenvalue weighted by Gasteiger charge is 2.17. The van der Waals surface area contributed by atoms with Crippen LogP contribution in [0.5, 0.6) is 0 Å². The molecule has 0 aromatic carbocycles. The summed E-state index contributed by atoms with van der Waals surface area (Å²) >= 11 is 0. The molecule has 0 amide bonds. The first-order chi connectivity index (χ1) is 6.74. The molecule has 0 saturated carbocycles. The van der Waals surface area contributed by atoms with Crippen molar-refractivity contribution in [3.63, 3.8) is 0 Å². The van der Waals surface area contributed by atoms with Crippen molar-refractivity contribution >= 4 is 12.4 Å². The van der Waals surface area contributed by atoms with E-state index in [9.17, 15) is 9.59 Å². The van der Waals surface area contributed by atoms with Crippen LogP contribution in [0.1, 0.15) is 5.69 Å². The molecule has 76 valence electrons. The highest BCUT2D eigenvalue weighted by Crippen LogP contribution is 1.97. The monoisotopic (exact) mass is 199 g/mol.